The zero-order valence-electron chi connectivity index (χ0n) is 18.2. The number of hydrogen-bond donors (Lipinski definition) is 2. The van der Waals surface area contributed by atoms with Gasteiger partial charge in [-0.25, -0.2) is 4.98 Å². The number of rotatable bonds is 9. The highest BCUT2D eigenvalue weighted by atomic mass is 16.5. The Kier molecular flexibility index (Phi) is 7.01. The van der Waals surface area contributed by atoms with E-state index in [1.54, 1.807) is 0 Å². The fraction of sp³-hybridized carbons (Fsp3) is 0.375. The molecule has 0 aliphatic carbocycles. The Balaban J connectivity index is 1.42. The third-order valence-corrected chi connectivity index (χ3v) is 5.35. The summed E-state index contributed by atoms with van der Waals surface area (Å²) in [6, 6.07) is 15.0. The number of imidazole rings is 1. The number of amides is 2. The van der Waals surface area contributed by atoms with Gasteiger partial charge in [0.2, 0.25) is 11.8 Å². The lowest BCUT2D eigenvalue weighted by molar-refractivity contribution is -0.130. The van der Waals surface area contributed by atoms with Crippen molar-refractivity contribution in [2.45, 2.75) is 38.8 Å². The number of carbonyl (C=O) groups excluding carboxylic acids is 2. The molecule has 1 fully saturated rings. The molecule has 2 heterocycles. The van der Waals surface area contributed by atoms with E-state index in [1.165, 1.54) is 0 Å². The van der Waals surface area contributed by atoms with Crippen molar-refractivity contribution < 1.29 is 19.1 Å². The zero-order valence-corrected chi connectivity index (χ0v) is 18.2. The lowest BCUT2D eigenvalue weighted by atomic mass is 10.2. The summed E-state index contributed by atoms with van der Waals surface area (Å²) in [5, 5.41) is 5.85. The fourth-order valence-electron chi connectivity index (χ4n) is 3.83. The van der Waals surface area contributed by atoms with E-state index >= 15 is 0 Å². The van der Waals surface area contributed by atoms with Gasteiger partial charge >= 0.3 is 0 Å². The minimum absolute atomic E-state index is 0.0848. The number of fused-ring (bicyclic) bond motifs is 1. The summed E-state index contributed by atoms with van der Waals surface area (Å²) in [6.45, 7) is 3.72. The van der Waals surface area contributed by atoms with Crippen molar-refractivity contribution in [3.05, 3.63) is 54.4 Å². The van der Waals surface area contributed by atoms with Gasteiger partial charge in [0.1, 0.15) is 24.2 Å². The number of ether oxygens (including phenoxy) is 2. The van der Waals surface area contributed by atoms with Gasteiger partial charge in [-0.05, 0) is 56.2 Å². The first kappa shape index (κ1) is 21.8. The van der Waals surface area contributed by atoms with E-state index < -0.39 is 0 Å². The second kappa shape index (κ2) is 10.3. The van der Waals surface area contributed by atoms with Crippen molar-refractivity contribution in [2.75, 3.05) is 25.1 Å². The average Bonchev–Trinajstić information content (AvgIpc) is 3.44. The normalized spacial score (nSPS) is 15.6. The molecule has 1 aliphatic rings. The van der Waals surface area contributed by atoms with E-state index in [-0.39, 0.29) is 24.5 Å². The molecule has 1 unspecified atom stereocenters. The maximum atomic E-state index is 12.8. The number of nitrogens with zero attached hydrogens (tertiary/aromatic N) is 2. The monoisotopic (exact) mass is 436 g/mol. The molecule has 8 nitrogen and oxygen atoms in total. The molecule has 0 bridgehead atoms. The summed E-state index contributed by atoms with van der Waals surface area (Å²) in [5.41, 5.74) is 2.41. The van der Waals surface area contributed by atoms with Crippen molar-refractivity contribution in [2.24, 2.45) is 0 Å². The van der Waals surface area contributed by atoms with Crippen LogP contribution in [0.1, 0.15) is 25.6 Å². The lowest BCUT2D eigenvalue weighted by Crippen LogP contribution is -2.35. The van der Waals surface area contributed by atoms with Crippen LogP contribution in [0.25, 0.3) is 11.0 Å². The van der Waals surface area contributed by atoms with Crippen LogP contribution >= 0.6 is 0 Å². The highest BCUT2D eigenvalue weighted by Crippen LogP contribution is 2.19. The van der Waals surface area contributed by atoms with Crippen LogP contribution in [0, 0.1) is 0 Å². The van der Waals surface area contributed by atoms with E-state index in [9.17, 15) is 9.59 Å². The van der Waals surface area contributed by atoms with Crippen LogP contribution in [-0.2, 0) is 27.3 Å². The number of benzene rings is 2. The first-order chi connectivity index (χ1) is 15.6. The summed E-state index contributed by atoms with van der Waals surface area (Å²) in [6.07, 6.45) is 1.84. The number of para-hydroxylation sites is 2. The summed E-state index contributed by atoms with van der Waals surface area (Å²) in [7, 11) is 0. The molecule has 0 saturated carbocycles. The summed E-state index contributed by atoms with van der Waals surface area (Å²) in [5.74, 6) is 1.28. The number of anilines is 1. The van der Waals surface area contributed by atoms with Crippen molar-refractivity contribution in [3.63, 3.8) is 0 Å². The Hall–Kier alpha value is -3.39. The van der Waals surface area contributed by atoms with Gasteiger partial charge in [0, 0.05) is 25.3 Å². The molecule has 0 spiro atoms. The third-order valence-electron chi connectivity index (χ3n) is 5.35. The van der Waals surface area contributed by atoms with E-state index in [0.29, 0.717) is 31.9 Å². The van der Waals surface area contributed by atoms with Crippen molar-refractivity contribution in [1.82, 2.24) is 14.9 Å². The fourth-order valence-corrected chi connectivity index (χ4v) is 3.83. The molecule has 1 saturated heterocycles. The van der Waals surface area contributed by atoms with E-state index in [2.05, 4.69) is 15.6 Å². The molecule has 1 atom stereocenters. The summed E-state index contributed by atoms with van der Waals surface area (Å²) < 4.78 is 12.8. The second-order valence-corrected chi connectivity index (χ2v) is 7.65. The predicted octanol–water partition coefficient (Wildman–Crippen LogP) is 2.91. The number of aromatic nitrogens is 2. The maximum absolute atomic E-state index is 12.8. The van der Waals surface area contributed by atoms with Crippen LogP contribution in [0.2, 0.25) is 0 Å². The van der Waals surface area contributed by atoms with Gasteiger partial charge in [-0.1, -0.05) is 12.1 Å². The highest BCUT2D eigenvalue weighted by molar-refractivity contribution is 5.91. The van der Waals surface area contributed by atoms with Crippen LogP contribution in [-0.4, -0.2) is 47.2 Å². The molecule has 32 heavy (non-hydrogen) atoms. The molecule has 0 radical (unpaired) electrons. The van der Waals surface area contributed by atoms with Crippen LogP contribution in [0.15, 0.2) is 48.5 Å². The second-order valence-electron chi connectivity index (χ2n) is 7.65. The highest BCUT2D eigenvalue weighted by Gasteiger charge is 2.23. The maximum Gasteiger partial charge on any atom is 0.249 e. The van der Waals surface area contributed by atoms with E-state index in [0.717, 1.165) is 35.4 Å². The first-order valence-electron chi connectivity index (χ1n) is 11.0. The molecular formula is C24H28N4O4. The summed E-state index contributed by atoms with van der Waals surface area (Å²) >= 11 is 0. The smallest absolute Gasteiger partial charge is 0.249 e. The molecule has 3 aromatic rings. The van der Waals surface area contributed by atoms with Gasteiger partial charge in [0.15, 0.2) is 0 Å². The van der Waals surface area contributed by atoms with Gasteiger partial charge < -0.3 is 24.7 Å². The van der Waals surface area contributed by atoms with Crippen molar-refractivity contribution in [3.8, 4) is 5.75 Å². The quantitative estimate of drug-likeness (QED) is 0.538. The van der Waals surface area contributed by atoms with Gasteiger partial charge in [-0.2, -0.15) is 0 Å². The van der Waals surface area contributed by atoms with Crippen LogP contribution < -0.4 is 15.4 Å². The van der Waals surface area contributed by atoms with Gasteiger partial charge in [0.25, 0.3) is 0 Å². The van der Waals surface area contributed by atoms with Crippen LogP contribution in [0.3, 0.4) is 0 Å². The minimum atomic E-state index is -0.353. The number of hydrogen-bond acceptors (Lipinski definition) is 5. The standard InChI is InChI=1S/C24H28N4O4/c1-2-31-18-11-9-17(10-12-18)26-23(29)16-28-20-7-4-3-6-19(20)27-22(28)13-14-25-24(30)21-8-5-15-32-21/h3-4,6-7,9-12,21H,2,5,8,13-16H2,1H3,(H,25,30)(H,26,29). The Labute approximate surface area is 186 Å². The molecule has 168 valence electrons. The van der Waals surface area contributed by atoms with E-state index in [4.69, 9.17) is 9.47 Å². The average molecular weight is 437 g/mol. The number of nitrogens with one attached hydrogen (secondary N) is 2. The van der Waals surface area contributed by atoms with Crippen molar-refractivity contribution in [1.29, 1.82) is 0 Å². The number of carbonyl (C=O) groups is 2. The molecule has 2 amide bonds. The van der Waals surface area contributed by atoms with Crippen LogP contribution in [0.4, 0.5) is 5.69 Å². The molecule has 4 rings (SSSR count). The molecular weight excluding hydrogens is 408 g/mol. The topological polar surface area (TPSA) is 94.5 Å². The Bertz CT molecular complexity index is 1070. The molecule has 1 aromatic heterocycles. The molecule has 8 heteroatoms. The summed E-state index contributed by atoms with van der Waals surface area (Å²) in [4.78, 5) is 29.7. The molecule has 2 N–H and O–H groups in total. The Morgan fingerprint density at radius 2 is 2.00 bits per heavy atom. The van der Waals surface area contributed by atoms with Crippen molar-refractivity contribution >= 4 is 28.5 Å². The van der Waals surface area contributed by atoms with Gasteiger partial charge in [-0.3, -0.25) is 9.59 Å². The predicted molar refractivity (Wildman–Crippen MR) is 122 cm³/mol. The van der Waals surface area contributed by atoms with Crippen LogP contribution in [0.5, 0.6) is 5.75 Å². The first-order valence-corrected chi connectivity index (χ1v) is 11.0. The Morgan fingerprint density at radius 3 is 2.75 bits per heavy atom. The minimum Gasteiger partial charge on any atom is -0.494 e. The third kappa shape index (κ3) is 5.26. The lowest BCUT2D eigenvalue weighted by Gasteiger charge is -2.12. The SMILES string of the molecule is CCOc1ccc(NC(=O)Cn2c(CCNC(=O)C3CCCO3)nc3ccccc32)cc1. The van der Waals surface area contributed by atoms with Gasteiger partial charge in [0.05, 0.1) is 17.6 Å². The molecule has 2 aromatic carbocycles. The molecule has 1 aliphatic heterocycles. The zero-order chi connectivity index (χ0) is 22.3. The van der Waals surface area contributed by atoms with Gasteiger partial charge in [-0.15, -0.1) is 0 Å². The van der Waals surface area contributed by atoms with E-state index in [1.807, 2.05) is 60.0 Å². The largest absolute Gasteiger partial charge is 0.494 e. The Morgan fingerprint density at radius 1 is 1.19 bits per heavy atom.